The Morgan fingerprint density at radius 3 is 2.25 bits per heavy atom. The number of hydrogen-bond donors (Lipinski definition) is 0. The van der Waals surface area contributed by atoms with Gasteiger partial charge in [0.2, 0.25) is 0 Å². The Hall–Kier alpha value is -2.32. The highest BCUT2D eigenvalue weighted by molar-refractivity contribution is 7.49. The Balaban J connectivity index is 3.09. The van der Waals surface area contributed by atoms with Crippen molar-refractivity contribution in [3.63, 3.8) is 0 Å². The van der Waals surface area contributed by atoms with E-state index in [9.17, 15) is 9.36 Å². The number of nitrogens with zero attached hydrogens (tertiary/aromatic N) is 2. The topological polar surface area (TPSA) is 119 Å². The number of ether oxygens (including phenoxy) is 1. The molecule has 10 heteroatoms. The van der Waals surface area contributed by atoms with Gasteiger partial charge in [-0.15, -0.1) is 0 Å². The summed E-state index contributed by atoms with van der Waals surface area (Å²) in [6, 6.07) is 6.64. The smallest absolute Gasteiger partial charge is 0.493 e. The summed E-state index contributed by atoms with van der Waals surface area (Å²) in [6.45, 7) is -0.317. The zero-order chi connectivity index (χ0) is 18.0. The Bertz CT molecular complexity index is 688. The van der Waals surface area contributed by atoms with E-state index in [1.54, 1.807) is 7.85 Å². The Labute approximate surface area is 140 Å². The van der Waals surface area contributed by atoms with Crippen molar-refractivity contribution in [3.8, 4) is 23.6 Å². The first-order chi connectivity index (χ1) is 11.5. The SMILES string of the molecule is Bc1cc(C=O)cc(OC)c1OP(=O)(OCCC#N)OCCC#N. The first kappa shape index (κ1) is 19.7. The van der Waals surface area contributed by atoms with Crippen molar-refractivity contribution in [2.24, 2.45) is 0 Å². The van der Waals surface area contributed by atoms with Crippen LogP contribution in [0, 0.1) is 22.7 Å². The second-order valence-corrected chi connectivity index (χ2v) is 6.10. The molecule has 0 aliphatic rings. The normalized spacial score (nSPS) is 10.5. The molecule has 0 saturated heterocycles. The first-order valence-electron chi connectivity index (χ1n) is 6.96. The molecule has 0 unspecified atom stereocenters. The highest BCUT2D eigenvalue weighted by Crippen LogP contribution is 2.51. The first-order valence-corrected chi connectivity index (χ1v) is 8.42. The Morgan fingerprint density at radius 2 is 1.79 bits per heavy atom. The van der Waals surface area contributed by atoms with Crippen LogP contribution >= 0.6 is 7.82 Å². The number of benzene rings is 1. The molecule has 126 valence electrons. The molecule has 0 aliphatic heterocycles. The lowest BCUT2D eigenvalue weighted by Crippen LogP contribution is -2.13. The van der Waals surface area contributed by atoms with E-state index in [1.807, 2.05) is 12.1 Å². The minimum Gasteiger partial charge on any atom is -0.493 e. The van der Waals surface area contributed by atoms with Gasteiger partial charge in [0, 0.05) is 5.56 Å². The molecule has 0 aromatic heterocycles. The summed E-state index contributed by atoms with van der Waals surface area (Å²) in [4.78, 5) is 10.9. The number of rotatable bonds is 10. The quantitative estimate of drug-likeness (QED) is 0.266. The fraction of sp³-hybridized carbons (Fsp3) is 0.357. The number of phosphoric acid groups is 1. The van der Waals surface area contributed by atoms with E-state index in [4.69, 9.17) is 28.8 Å². The van der Waals surface area contributed by atoms with Gasteiger partial charge < -0.3 is 9.26 Å². The van der Waals surface area contributed by atoms with E-state index >= 15 is 0 Å². The van der Waals surface area contributed by atoms with E-state index in [0.29, 0.717) is 17.3 Å². The van der Waals surface area contributed by atoms with Gasteiger partial charge in [0.15, 0.2) is 11.5 Å². The molecule has 24 heavy (non-hydrogen) atoms. The van der Waals surface area contributed by atoms with Crippen molar-refractivity contribution < 1.29 is 27.7 Å². The van der Waals surface area contributed by atoms with Crippen LogP contribution in [0.25, 0.3) is 0 Å². The van der Waals surface area contributed by atoms with Crippen LogP contribution in [0.3, 0.4) is 0 Å². The van der Waals surface area contributed by atoms with Gasteiger partial charge in [-0.05, 0) is 11.5 Å². The van der Waals surface area contributed by atoms with Gasteiger partial charge in [-0.25, -0.2) is 4.57 Å². The van der Waals surface area contributed by atoms with Crippen molar-refractivity contribution >= 4 is 27.4 Å². The third kappa shape index (κ3) is 5.71. The molecule has 0 fully saturated rings. The van der Waals surface area contributed by atoms with Crippen LogP contribution in [0.15, 0.2) is 12.1 Å². The minimum atomic E-state index is -4.06. The standard InChI is InChI=1S/C14H16BN2O6P/c1-20-13-9-11(10-18)8-12(15)14(13)23-24(19,21-6-2-4-16)22-7-3-5-17/h8-10H,2-3,6-7,15H2,1H3. The average molecular weight is 350 g/mol. The Morgan fingerprint density at radius 1 is 1.21 bits per heavy atom. The lowest BCUT2D eigenvalue weighted by molar-refractivity contribution is 0.112. The lowest BCUT2D eigenvalue weighted by atomic mass is 9.93. The summed E-state index contributed by atoms with van der Waals surface area (Å²) in [5.41, 5.74) is 0.853. The molecule has 0 aliphatic carbocycles. The number of carbonyl (C=O) groups excluding carboxylic acids is 1. The largest absolute Gasteiger partial charge is 0.530 e. The summed E-state index contributed by atoms with van der Waals surface area (Å²) < 4.78 is 33.4. The van der Waals surface area contributed by atoms with Crippen molar-refractivity contribution in [2.75, 3.05) is 20.3 Å². The van der Waals surface area contributed by atoms with E-state index in [0.717, 1.165) is 0 Å². The van der Waals surface area contributed by atoms with Gasteiger partial charge >= 0.3 is 7.82 Å². The molecule has 0 N–H and O–H groups in total. The molecule has 1 aromatic carbocycles. The number of hydrogen-bond acceptors (Lipinski definition) is 8. The van der Waals surface area contributed by atoms with Crippen LogP contribution in [0.5, 0.6) is 11.5 Å². The number of nitriles is 2. The monoisotopic (exact) mass is 350 g/mol. The van der Waals surface area contributed by atoms with Crippen LogP contribution in [-0.4, -0.2) is 34.5 Å². The highest BCUT2D eigenvalue weighted by atomic mass is 31.2. The maximum Gasteiger partial charge on any atom is 0.530 e. The molecular formula is C14H16BN2O6P. The summed E-state index contributed by atoms with van der Waals surface area (Å²) in [6.07, 6.45) is 0.635. The highest BCUT2D eigenvalue weighted by Gasteiger charge is 2.30. The minimum absolute atomic E-state index is 0.00480. The molecule has 8 nitrogen and oxygen atoms in total. The summed E-state index contributed by atoms with van der Waals surface area (Å²) in [5.74, 6) is 0.283. The lowest BCUT2D eigenvalue weighted by Gasteiger charge is -2.20. The molecular weight excluding hydrogens is 334 g/mol. The molecule has 0 amide bonds. The number of aldehydes is 1. The molecule has 0 atom stereocenters. The van der Waals surface area contributed by atoms with Crippen molar-refractivity contribution in [1.82, 2.24) is 0 Å². The molecule has 0 heterocycles. The number of carbonyl (C=O) groups is 1. The van der Waals surface area contributed by atoms with E-state index < -0.39 is 7.82 Å². The molecule has 1 rings (SSSR count). The van der Waals surface area contributed by atoms with E-state index in [2.05, 4.69) is 0 Å². The van der Waals surface area contributed by atoms with E-state index in [-0.39, 0.29) is 37.6 Å². The van der Waals surface area contributed by atoms with Gasteiger partial charge in [-0.1, -0.05) is 6.07 Å². The van der Waals surface area contributed by atoms with Crippen LogP contribution in [-0.2, 0) is 13.6 Å². The van der Waals surface area contributed by atoms with Gasteiger partial charge in [0.25, 0.3) is 0 Å². The summed E-state index contributed by atoms with van der Waals surface area (Å²) >= 11 is 0. The maximum atomic E-state index is 12.7. The zero-order valence-corrected chi connectivity index (χ0v) is 14.2. The maximum absolute atomic E-state index is 12.7. The van der Waals surface area contributed by atoms with Crippen molar-refractivity contribution in [1.29, 1.82) is 10.5 Å². The Kier molecular flexibility index (Phi) is 8.01. The van der Waals surface area contributed by atoms with Crippen LogP contribution < -0.4 is 14.7 Å². The van der Waals surface area contributed by atoms with Crippen molar-refractivity contribution in [3.05, 3.63) is 17.7 Å². The number of phosphoric ester groups is 1. The second-order valence-electron chi connectivity index (χ2n) is 4.51. The van der Waals surface area contributed by atoms with Crippen molar-refractivity contribution in [2.45, 2.75) is 12.8 Å². The fourth-order valence-corrected chi connectivity index (χ4v) is 2.98. The molecule has 0 spiro atoms. The summed E-state index contributed by atoms with van der Waals surface area (Å²) in [5, 5.41) is 17.1. The molecule has 1 aromatic rings. The van der Waals surface area contributed by atoms with Gasteiger partial charge in [-0.3, -0.25) is 13.8 Å². The molecule has 0 radical (unpaired) electrons. The summed E-state index contributed by atoms with van der Waals surface area (Å²) in [7, 11) is -1.05. The zero-order valence-electron chi connectivity index (χ0n) is 13.4. The number of methoxy groups -OCH3 is 1. The van der Waals surface area contributed by atoms with Gasteiger partial charge in [-0.2, -0.15) is 10.5 Å². The van der Waals surface area contributed by atoms with Crippen LogP contribution in [0.1, 0.15) is 23.2 Å². The van der Waals surface area contributed by atoms with Crippen LogP contribution in [0.4, 0.5) is 0 Å². The predicted molar refractivity (Wildman–Crippen MR) is 87.2 cm³/mol. The fourth-order valence-electron chi connectivity index (χ4n) is 1.71. The molecule has 0 bridgehead atoms. The second kappa shape index (κ2) is 9.74. The molecule has 0 saturated carbocycles. The van der Waals surface area contributed by atoms with Gasteiger partial charge in [0.1, 0.15) is 14.1 Å². The van der Waals surface area contributed by atoms with Crippen LogP contribution in [0.2, 0.25) is 0 Å². The third-order valence-electron chi connectivity index (χ3n) is 2.75. The predicted octanol–water partition coefficient (Wildman–Crippen LogP) is 1.11. The average Bonchev–Trinajstić information content (AvgIpc) is 2.57. The van der Waals surface area contributed by atoms with Gasteiger partial charge in [0.05, 0.1) is 45.3 Å². The third-order valence-corrected chi connectivity index (χ3v) is 4.15. The van der Waals surface area contributed by atoms with E-state index in [1.165, 1.54) is 19.2 Å².